The summed E-state index contributed by atoms with van der Waals surface area (Å²) < 4.78 is 0. The van der Waals surface area contributed by atoms with Gasteiger partial charge in [0.1, 0.15) is 0 Å². The van der Waals surface area contributed by atoms with E-state index in [2.05, 4.69) is 5.32 Å². The summed E-state index contributed by atoms with van der Waals surface area (Å²) in [6.07, 6.45) is 5.31. The Morgan fingerprint density at radius 3 is 3.33 bits per heavy atom. The number of allylic oxidation sites excluding steroid dienone is 2. The Labute approximate surface area is 70.2 Å². The molecule has 0 spiro atoms. The summed E-state index contributed by atoms with van der Waals surface area (Å²) in [6.45, 7) is 1.34. The van der Waals surface area contributed by atoms with Crippen molar-refractivity contribution in [2.45, 2.75) is 6.17 Å². The number of aliphatic carboxylic acids is 1. The van der Waals surface area contributed by atoms with Crippen molar-refractivity contribution >= 4 is 5.97 Å². The molecule has 0 amide bonds. The van der Waals surface area contributed by atoms with Crippen LogP contribution in [-0.2, 0) is 4.79 Å². The first-order valence-electron chi connectivity index (χ1n) is 3.87. The lowest BCUT2D eigenvalue weighted by Gasteiger charge is -2.24. The Balaban J connectivity index is 2.20. The summed E-state index contributed by atoms with van der Waals surface area (Å²) in [5, 5.41) is 11.7. The van der Waals surface area contributed by atoms with Crippen LogP contribution < -0.4 is 5.32 Å². The number of hydrogen-bond donors (Lipinski definition) is 2. The smallest absolute Gasteiger partial charge is 0.341 e. The first kappa shape index (κ1) is 7.36. The second-order valence-electron chi connectivity index (χ2n) is 2.86. The minimum absolute atomic E-state index is 0.541. The molecule has 12 heavy (non-hydrogen) atoms. The molecule has 0 radical (unpaired) electrons. The fraction of sp³-hybridized carbons (Fsp3) is 0.375. The summed E-state index contributed by atoms with van der Waals surface area (Å²) in [6, 6.07) is 0. The van der Waals surface area contributed by atoms with Gasteiger partial charge in [0, 0.05) is 18.8 Å². The molecule has 2 aliphatic rings. The molecule has 0 aromatic heterocycles. The van der Waals surface area contributed by atoms with Gasteiger partial charge in [0.2, 0.25) is 0 Å². The van der Waals surface area contributed by atoms with Crippen molar-refractivity contribution in [1.82, 2.24) is 10.2 Å². The van der Waals surface area contributed by atoms with Crippen LogP contribution in [-0.4, -0.2) is 35.2 Å². The van der Waals surface area contributed by atoms with E-state index in [1.807, 2.05) is 23.1 Å². The highest BCUT2D eigenvalue weighted by molar-refractivity contribution is 5.74. The Kier molecular flexibility index (Phi) is 1.62. The number of nitrogens with one attached hydrogen (secondary N) is 1. The van der Waals surface area contributed by atoms with Gasteiger partial charge in [-0.15, -0.1) is 0 Å². The Hall–Kier alpha value is -1.29. The maximum atomic E-state index is 10.7. The summed E-state index contributed by atoms with van der Waals surface area (Å²) in [4.78, 5) is 12.6. The van der Waals surface area contributed by atoms with Crippen molar-refractivity contribution in [3.8, 4) is 0 Å². The van der Waals surface area contributed by atoms with Crippen molar-refractivity contribution in [2.24, 2.45) is 0 Å². The number of hydrogen-bond acceptors (Lipinski definition) is 3. The zero-order valence-electron chi connectivity index (χ0n) is 6.53. The van der Waals surface area contributed by atoms with Gasteiger partial charge in [-0.2, -0.15) is 0 Å². The van der Waals surface area contributed by atoms with Gasteiger partial charge in [0.05, 0.1) is 0 Å². The summed E-state index contributed by atoms with van der Waals surface area (Å²) in [5.74, 6) is -0.811. The zero-order chi connectivity index (χ0) is 8.55. The molecule has 1 unspecified atom stereocenters. The molecule has 1 atom stereocenters. The first-order chi connectivity index (χ1) is 5.79. The van der Waals surface area contributed by atoms with Gasteiger partial charge in [0.15, 0.2) is 6.17 Å². The van der Waals surface area contributed by atoms with Crippen LogP contribution in [0.2, 0.25) is 0 Å². The molecular weight excluding hydrogens is 156 g/mol. The number of fused-ring (bicyclic) bond motifs is 1. The zero-order valence-corrected chi connectivity index (χ0v) is 6.53. The van der Waals surface area contributed by atoms with Crippen molar-refractivity contribution < 1.29 is 9.90 Å². The number of nitrogens with zero attached hydrogens (tertiary/aromatic N) is 1. The van der Waals surface area contributed by atoms with E-state index < -0.39 is 12.1 Å². The normalized spacial score (nSPS) is 26.8. The Morgan fingerprint density at radius 1 is 1.75 bits per heavy atom. The van der Waals surface area contributed by atoms with E-state index in [9.17, 15) is 4.79 Å². The lowest BCUT2D eigenvalue weighted by atomic mass is 10.2. The van der Waals surface area contributed by atoms with Gasteiger partial charge in [0.25, 0.3) is 0 Å². The van der Waals surface area contributed by atoms with Crippen LogP contribution in [0.1, 0.15) is 0 Å². The van der Waals surface area contributed by atoms with E-state index in [0.29, 0.717) is 13.1 Å². The largest absolute Gasteiger partial charge is 0.479 e. The van der Waals surface area contributed by atoms with E-state index >= 15 is 0 Å². The van der Waals surface area contributed by atoms with Crippen LogP contribution in [0.3, 0.4) is 0 Å². The molecule has 2 aliphatic heterocycles. The molecule has 1 fully saturated rings. The third-order valence-corrected chi connectivity index (χ3v) is 2.12. The lowest BCUT2D eigenvalue weighted by molar-refractivity contribution is -0.142. The number of carbonyl (C=O) groups is 1. The molecule has 4 nitrogen and oxygen atoms in total. The minimum Gasteiger partial charge on any atom is -0.479 e. The Bertz CT molecular complexity index is 270. The second-order valence-corrected chi connectivity index (χ2v) is 2.86. The van der Waals surface area contributed by atoms with Crippen molar-refractivity contribution in [1.29, 1.82) is 0 Å². The molecule has 2 heterocycles. The molecule has 0 aromatic rings. The molecule has 1 saturated heterocycles. The number of carboxylic acid groups (broad SMARTS) is 1. The van der Waals surface area contributed by atoms with Gasteiger partial charge < -0.3 is 10.0 Å². The molecule has 0 aromatic carbocycles. The van der Waals surface area contributed by atoms with Crippen LogP contribution >= 0.6 is 0 Å². The van der Waals surface area contributed by atoms with Crippen LogP contribution in [0.15, 0.2) is 23.9 Å². The highest BCUT2D eigenvalue weighted by Gasteiger charge is 2.32. The monoisotopic (exact) mass is 166 g/mol. The van der Waals surface area contributed by atoms with Crippen LogP contribution in [0.5, 0.6) is 0 Å². The van der Waals surface area contributed by atoms with Gasteiger partial charge >= 0.3 is 5.97 Å². The van der Waals surface area contributed by atoms with Crippen LogP contribution in [0.4, 0.5) is 0 Å². The van der Waals surface area contributed by atoms with E-state index in [4.69, 9.17) is 5.11 Å². The molecule has 4 heteroatoms. The lowest BCUT2D eigenvalue weighted by Crippen LogP contribution is -2.42. The van der Waals surface area contributed by atoms with Crippen molar-refractivity contribution in [3.63, 3.8) is 0 Å². The summed E-state index contributed by atoms with van der Waals surface area (Å²) >= 11 is 0. The third kappa shape index (κ3) is 1.00. The summed E-state index contributed by atoms with van der Waals surface area (Å²) in [5.41, 5.74) is 1.06. The molecular formula is C8H10N2O2. The first-order valence-corrected chi connectivity index (χ1v) is 3.87. The fourth-order valence-corrected chi connectivity index (χ4v) is 1.53. The third-order valence-electron chi connectivity index (χ3n) is 2.12. The highest BCUT2D eigenvalue weighted by atomic mass is 16.4. The predicted octanol–water partition coefficient (Wildman–Crippen LogP) is -0.244. The molecule has 0 aliphatic carbocycles. The molecule has 2 N–H and O–H groups in total. The molecule has 0 bridgehead atoms. The topological polar surface area (TPSA) is 52.6 Å². The number of rotatable bonds is 1. The maximum Gasteiger partial charge on any atom is 0.341 e. The maximum absolute atomic E-state index is 10.7. The second kappa shape index (κ2) is 2.64. The van der Waals surface area contributed by atoms with E-state index in [1.165, 1.54) is 0 Å². The highest BCUT2D eigenvalue weighted by Crippen LogP contribution is 2.17. The van der Waals surface area contributed by atoms with Gasteiger partial charge in [-0.3, -0.25) is 5.32 Å². The van der Waals surface area contributed by atoms with Gasteiger partial charge in [-0.25, -0.2) is 4.79 Å². The van der Waals surface area contributed by atoms with Crippen molar-refractivity contribution in [3.05, 3.63) is 23.9 Å². The van der Waals surface area contributed by atoms with E-state index in [-0.39, 0.29) is 0 Å². The van der Waals surface area contributed by atoms with Crippen LogP contribution in [0.25, 0.3) is 0 Å². The van der Waals surface area contributed by atoms with Crippen molar-refractivity contribution in [2.75, 3.05) is 13.1 Å². The predicted molar refractivity (Wildman–Crippen MR) is 43.4 cm³/mol. The van der Waals surface area contributed by atoms with E-state index in [1.54, 1.807) is 0 Å². The SMILES string of the molecule is O=C(O)C1NCC2=CC=CCN21. The standard InChI is InChI=1S/C8H10N2O2/c11-8(12)7-9-5-6-3-1-2-4-10(6)7/h1-3,7,9H,4-5H2,(H,11,12). The van der Waals surface area contributed by atoms with Crippen LogP contribution in [0, 0.1) is 0 Å². The van der Waals surface area contributed by atoms with Gasteiger partial charge in [-0.1, -0.05) is 12.2 Å². The van der Waals surface area contributed by atoms with Gasteiger partial charge in [-0.05, 0) is 6.08 Å². The average Bonchev–Trinajstić information content (AvgIpc) is 2.47. The fourth-order valence-electron chi connectivity index (χ4n) is 1.53. The van der Waals surface area contributed by atoms with E-state index in [0.717, 1.165) is 5.70 Å². The Morgan fingerprint density at radius 2 is 2.58 bits per heavy atom. The minimum atomic E-state index is -0.811. The summed E-state index contributed by atoms with van der Waals surface area (Å²) in [7, 11) is 0. The molecule has 64 valence electrons. The molecule has 2 rings (SSSR count). The quantitative estimate of drug-likeness (QED) is 0.564. The molecule has 0 saturated carbocycles. The number of carboxylic acids is 1. The average molecular weight is 166 g/mol.